The zero-order valence-electron chi connectivity index (χ0n) is 17.3. The third-order valence-corrected chi connectivity index (χ3v) is 6.26. The van der Waals surface area contributed by atoms with Crippen LogP contribution in [-0.2, 0) is 14.8 Å². The molecule has 0 aromatic heterocycles. The van der Waals surface area contributed by atoms with Gasteiger partial charge in [0.1, 0.15) is 6.54 Å². The van der Waals surface area contributed by atoms with E-state index in [0.29, 0.717) is 5.69 Å². The van der Waals surface area contributed by atoms with Gasteiger partial charge in [-0.1, -0.05) is 48.5 Å². The van der Waals surface area contributed by atoms with Crippen LogP contribution in [0.2, 0.25) is 0 Å². The van der Waals surface area contributed by atoms with Crippen molar-refractivity contribution in [2.75, 3.05) is 29.8 Å². The monoisotopic (exact) mass is 436 g/mol. The van der Waals surface area contributed by atoms with Crippen molar-refractivity contribution < 1.29 is 13.2 Å². The topological polar surface area (TPSA) is 82.1 Å². The molecule has 8 heteroatoms. The minimum atomic E-state index is -3.92. The van der Waals surface area contributed by atoms with Gasteiger partial charge in [0, 0.05) is 19.8 Å². The molecule has 0 fully saturated rings. The van der Waals surface area contributed by atoms with Crippen LogP contribution in [0.1, 0.15) is 5.56 Å². The first-order valence-electron chi connectivity index (χ1n) is 9.60. The molecule has 0 saturated heterocycles. The molecule has 0 aliphatic rings. The van der Waals surface area contributed by atoms with Crippen molar-refractivity contribution in [3.8, 4) is 0 Å². The van der Waals surface area contributed by atoms with Crippen LogP contribution in [0.15, 0.2) is 94.9 Å². The number of sulfonamides is 1. The number of hydrogen-bond donors (Lipinski definition) is 1. The van der Waals surface area contributed by atoms with Crippen molar-refractivity contribution >= 4 is 33.5 Å². The van der Waals surface area contributed by atoms with Crippen molar-refractivity contribution in [1.29, 1.82) is 0 Å². The van der Waals surface area contributed by atoms with Crippen molar-refractivity contribution in [3.05, 3.63) is 90.5 Å². The second-order valence-corrected chi connectivity index (χ2v) is 8.80. The van der Waals surface area contributed by atoms with Gasteiger partial charge in [0.25, 0.3) is 15.9 Å². The molecule has 3 rings (SSSR count). The van der Waals surface area contributed by atoms with Crippen LogP contribution >= 0.6 is 0 Å². The molecule has 0 heterocycles. The fourth-order valence-electron chi connectivity index (χ4n) is 2.83. The number of benzene rings is 3. The summed E-state index contributed by atoms with van der Waals surface area (Å²) in [5.74, 6) is -0.551. The molecule has 0 radical (unpaired) electrons. The standard InChI is InChI=1S/C23H24N4O3S/c1-26(2)20-15-13-19(14-16-20)17-24-25-23(28)18-27(21-9-5-3-6-10-21)31(29,30)22-11-7-4-8-12-22/h3-17H,18H2,1-2H3,(H,25,28)/b24-17-. The zero-order valence-corrected chi connectivity index (χ0v) is 18.2. The average Bonchev–Trinajstić information content (AvgIpc) is 2.79. The number of para-hydroxylation sites is 1. The van der Waals surface area contributed by atoms with Gasteiger partial charge in [-0.3, -0.25) is 9.10 Å². The number of anilines is 2. The lowest BCUT2D eigenvalue weighted by Gasteiger charge is -2.23. The Bertz CT molecular complexity index is 1130. The Hall–Kier alpha value is -3.65. The molecule has 3 aromatic rings. The molecule has 31 heavy (non-hydrogen) atoms. The van der Waals surface area contributed by atoms with E-state index in [2.05, 4.69) is 10.5 Å². The number of amides is 1. The van der Waals surface area contributed by atoms with E-state index >= 15 is 0 Å². The number of rotatable bonds is 8. The Labute approximate surface area is 182 Å². The summed E-state index contributed by atoms with van der Waals surface area (Å²) in [4.78, 5) is 14.6. The number of nitrogens with zero attached hydrogens (tertiary/aromatic N) is 3. The maximum Gasteiger partial charge on any atom is 0.264 e. The van der Waals surface area contributed by atoms with Gasteiger partial charge >= 0.3 is 0 Å². The zero-order chi connectivity index (χ0) is 22.3. The normalized spacial score (nSPS) is 11.3. The highest BCUT2D eigenvalue weighted by atomic mass is 32.2. The summed E-state index contributed by atoms with van der Waals surface area (Å²) in [6.45, 7) is -0.405. The fourth-order valence-corrected chi connectivity index (χ4v) is 4.27. The predicted molar refractivity (Wildman–Crippen MR) is 124 cm³/mol. The summed E-state index contributed by atoms with van der Waals surface area (Å²) >= 11 is 0. The Morgan fingerprint density at radius 1 is 0.871 bits per heavy atom. The van der Waals surface area contributed by atoms with Gasteiger partial charge in [-0.15, -0.1) is 0 Å². The van der Waals surface area contributed by atoms with E-state index < -0.39 is 22.5 Å². The van der Waals surface area contributed by atoms with Crippen molar-refractivity contribution in [2.24, 2.45) is 5.10 Å². The van der Waals surface area contributed by atoms with E-state index in [9.17, 15) is 13.2 Å². The Morgan fingerprint density at radius 3 is 2.03 bits per heavy atom. The Balaban J connectivity index is 1.75. The highest BCUT2D eigenvalue weighted by molar-refractivity contribution is 7.92. The molecule has 0 atom stereocenters. The van der Waals surface area contributed by atoms with Gasteiger partial charge in [0.2, 0.25) is 0 Å². The van der Waals surface area contributed by atoms with Crippen molar-refractivity contribution in [3.63, 3.8) is 0 Å². The fraction of sp³-hybridized carbons (Fsp3) is 0.130. The number of carbonyl (C=O) groups excluding carboxylic acids is 1. The maximum atomic E-state index is 13.2. The average molecular weight is 437 g/mol. The molecule has 0 aliphatic carbocycles. The lowest BCUT2D eigenvalue weighted by atomic mass is 10.2. The second kappa shape index (κ2) is 9.90. The molecule has 1 N–H and O–H groups in total. The molecular weight excluding hydrogens is 412 g/mol. The second-order valence-electron chi connectivity index (χ2n) is 6.94. The summed E-state index contributed by atoms with van der Waals surface area (Å²) in [6, 6.07) is 24.1. The first-order valence-corrected chi connectivity index (χ1v) is 11.0. The first-order chi connectivity index (χ1) is 14.9. The SMILES string of the molecule is CN(C)c1ccc(/C=N\NC(=O)CN(c2ccccc2)S(=O)(=O)c2ccccc2)cc1. The molecule has 0 saturated carbocycles. The highest BCUT2D eigenvalue weighted by Gasteiger charge is 2.26. The summed E-state index contributed by atoms with van der Waals surface area (Å²) < 4.78 is 27.4. The van der Waals surface area contributed by atoms with Crippen LogP contribution < -0.4 is 14.6 Å². The highest BCUT2D eigenvalue weighted by Crippen LogP contribution is 2.23. The van der Waals surface area contributed by atoms with E-state index in [4.69, 9.17) is 0 Å². The van der Waals surface area contributed by atoms with E-state index in [1.165, 1.54) is 18.3 Å². The molecule has 0 unspecified atom stereocenters. The largest absolute Gasteiger partial charge is 0.378 e. The van der Waals surface area contributed by atoms with Gasteiger partial charge in [0.05, 0.1) is 16.8 Å². The van der Waals surface area contributed by atoms with Gasteiger partial charge in [0.15, 0.2) is 0 Å². The number of carbonyl (C=O) groups is 1. The Kier molecular flexibility index (Phi) is 7.04. The summed E-state index contributed by atoms with van der Waals surface area (Å²) in [7, 11) is -0.0239. The quantitative estimate of drug-likeness (QED) is 0.435. The van der Waals surface area contributed by atoms with Gasteiger partial charge in [-0.25, -0.2) is 13.8 Å². The summed E-state index contributed by atoms with van der Waals surface area (Å²) in [5.41, 5.74) is 4.65. The van der Waals surface area contributed by atoms with Gasteiger partial charge < -0.3 is 4.90 Å². The van der Waals surface area contributed by atoms with Gasteiger partial charge in [-0.05, 0) is 42.0 Å². The first kappa shape index (κ1) is 22.0. The smallest absolute Gasteiger partial charge is 0.264 e. The van der Waals surface area contributed by atoms with E-state index in [1.54, 1.807) is 48.5 Å². The van der Waals surface area contributed by atoms with Crippen LogP contribution in [0.3, 0.4) is 0 Å². The lowest BCUT2D eigenvalue weighted by Crippen LogP contribution is -2.39. The van der Waals surface area contributed by atoms with Crippen LogP contribution in [-0.4, -0.2) is 41.2 Å². The van der Waals surface area contributed by atoms with Gasteiger partial charge in [-0.2, -0.15) is 5.10 Å². The van der Waals surface area contributed by atoms with E-state index in [-0.39, 0.29) is 4.90 Å². The molecule has 0 spiro atoms. The maximum absolute atomic E-state index is 13.2. The predicted octanol–water partition coefficient (Wildman–Crippen LogP) is 3.10. The molecule has 3 aromatic carbocycles. The molecule has 7 nitrogen and oxygen atoms in total. The molecule has 1 amide bonds. The molecule has 160 valence electrons. The number of hydrogen-bond acceptors (Lipinski definition) is 5. The third-order valence-electron chi connectivity index (χ3n) is 4.47. The van der Waals surface area contributed by atoms with Crippen LogP contribution in [0.25, 0.3) is 0 Å². The summed E-state index contributed by atoms with van der Waals surface area (Å²) in [5, 5.41) is 3.96. The van der Waals surface area contributed by atoms with Crippen LogP contribution in [0.5, 0.6) is 0 Å². The number of nitrogens with one attached hydrogen (secondary N) is 1. The lowest BCUT2D eigenvalue weighted by molar-refractivity contribution is -0.119. The van der Waals surface area contributed by atoms with Crippen LogP contribution in [0.4, 0.5) is 11.4 Å². The van der Waals surface area contributed by atoms with E-state index in [0.717, 1.165) is 15.6 Å². The minimum Gasteiger partial charge on any atom is -0.378 e. The van der Waals surface area contributed by atoms with Crippen molar-refractivity contribution in [2.45, 2.75) is 4.90 Å². The molecular formula is C23H24N4O3S. The van der Waals surface area contributed by atoms with Crippen molar-refractivity contribution in [1.82, 2.24) is 5.43 Å². The third kappa shape index (κ3) is 5.70. The molecule has 0 aliphatic heterocycles. The number of hydrazone groups is 1. The molecule has 0 bridgehead atoms. The van der Waals surface area contributed by atoms with E-state index in [1.807, 2.05) is 43.3 Å². The van der Waals surface area contributed by atoms with Crippen LogP contribution in [0, 0.1) is 0 Å². The minimum absolute atomic E-state index is 0.108. The Morgan fingerprint density at radius 2 is 1.45 bits per heavy atom. The summed E-state index contributed by atoms with van der Waals surface area (Å²) in [6.07, 6.45) is 1.51.